The lowest BCUT2D eigenvalue weighted by Crippen LogP contribution is -2.31. The van der Waals surface area contributed by atoms with Crippen LogP contribution in [0.2, 0.25) is 0 Å². The van der Waals surface area contributed by atoms with Crippen molar-refractivity contribution in [3.05, 3.63) is 28.8 Å². The fraction of sp³-hybridized carbons (Fsp3) is 0.600. The summed E-state index contributed by atoms with van der Waals surface area (Å²) in [7, 11) is -3.92. The van der Waals surface area contributed by atoms with Crippen LogP contribution in [0.1, 0.15) is 36.2 Å². The van der Waals surface area contributed by atoms with Crippen molar-refractivity contribution in [2.75, 3.05) is 6.54 Å². The number of sulfonamides is 1. The summed E-state index contributed by atoms with van der Waals surface area (Å²) >= 11 is 0. The smallest absolute Gasteiger partial charge is 0.269 e. The first-order valence-corrected chi connectivity index (χ1v) is 9.35. The van der Waals surface area contributed by atoms with E-state index in [1.165, 1.54) is 13.8 Å². The molecule has 0 spiro atoms. The second-order valence-corrected chi connectivity index (χ2v) is 7.99. The molecule has 10 heteroatoms. The first kappa shape index (κ1) is 19.5. The van der Waals surface area contributed by atoms with Crippen molar-refractivity contribution in [1.29, 1.82) is 0 Å². The second-order valence-electron chi connectivity index (χ2n) is 6.29. The van der Waals surface area contributed by atoms with Crippen molar-refractivity contribution in [1.82, 2.24) is 24.3 Å². The predicted octanol–water partition coefficient (Wildman–Crippen LogP) is 2.32. The first-order chi connectivity index (χ1) is 11.5. The van der Waals surface area contributed by atoms with Gasteiger partial charge in [0.25, 0.3) is 0 Å². The minimum Gasteiger partial charge on any atom is -0.269 e. The SMILES string of the molecule is Cc1cc(C)n(CC(C)CNS(=O)(=O)c2c(C)nn(C(F)F)c2C)n1. The van der Waals surface area contributed by atoms with Gasteiger partial charge in [0.05, 0.1) is 17.1 Å². The van der Waals surface area contributed by atoms with E-state index < -0.39 is 16.6 Å². The summed E-state index contributed by atoms with van der Waals surface area (Å²) in [6.07, 6.45) is 0. The molecule has 0 fully saturated rings. The van der Waals surface area contributed by atoms with Crippen LogP contribution in [0.25, 0.3) is 0 Å². The maximum atomic E-state index is 12.9. The van der Waals surface area contributed by atoms with Crippen LogP contribution in [0, 0.1) is 33.6 Å². The summed E-state index contributed by atoms with van der Waals surface area (Å²) in [5.74, 6) is -0.0291. The zero-order valence-electron chi connectivity index (χ0n) is 14.9. The van der Waals surface area contributed by atoms with Crippen molar-refractivity contribution in [3.63, 3.8) is 0 Å². The van der Waals surface area contributed by atoms with Crippen LogP contribution >= 0.6 is 0 Å². The van der Waals surface area contributed by atoms with Crippen molar-refractivity contribution < 1.29 is 17.2 Å². The third-order valence-corrected chi connectivity index (χ3v) is 5.60. The third kappa shape index (κ3) is 4.24. The lowest BCUT2D eigenvalue weighted by atomic mass is 10.2. The van der Waals surface area contributed by atoms with E-state index in [2.05, 4.69) is 14.9 Å². The van der Waals surface area contributed by atoms with E-state index in [9.17, 15) is 17.2 Å². The largest absolute Gasteiger partial charge is 0.333 e. The normalized spacial score (nSPS) is 13.6. The Morgan fingerprint density at radius 1 is 1.20 bits per heavy atom. The number of aryl methyl sites for hydroxylation is 3. The summed E-state index contributed by atoms with van der Waals surface area (Å²) in [4.78, 5) is -0.189. The molecule has 0 aliphatic carbocycles. The minimum atomic E-state index is -3.92. The average Bonchev–Trinajstić information content (AvgIpc) is 2.96. The monoisotopic (exact) mass is 375 g/mol. The zero-order chi connectivity index (χ0) is 18.9. The summed E-state index contributed by atoms with van der Waals surface area (Å²) in [5, 5.41) is 7.97. The molecule has 0 saturated carbocycles. The van der Waals surface area contributed by atoms with Crippen molar-refractivity contribution >= 4 is 10.0 Å². The average molecular weight is 375 g/mol. The van der Waals surface area contributed by atoms with Crippen LogP contribution in [-0.2, 0) is 16.6 Å². The lowest BCUT2D eigenvalue weighted by Gasteiger charge is -2.14. The van der Waals surface area contributed by atoms with Crippen LogP contribution in [0.4, 0.5) is 8.78 Å². The Kier molecular flexibility index (Phi) is 5.62. The van der Waals surface area contributed by atoms with Gasteiger partial charge in [-0.3, -0.25) is 4.68 Å². The summed E-state index contributed by atoms with van der Waals surface area (Å²) in [6.45, 7) is 6.27. The van der Waals surface area contributed by atoms with Gasteiger partial charge in [-0.05, 0) is 39.7 Å². The molecule has 0 saturated heterocycles. The van der Waals surface area contributed by atoms with Gasteiger partial charge in [0.1, 0.15) is 4.90 Å². The number of rotatable bonds is 7. The number of halogens is 2. The van der Waals surface area contributed by atoms with E-state index in [4.69, 9.17) is 0 Å². The van der Waals surface area contributed by atoms with Gasteiger partial charge in [-0.15, -0.1) is 0 Å². The Labute approximate surface area is 146 Å². The highest BCUT2D eigenvalue weighted by atomic mass is 32.2. The topological polar surface area (TPSA) is 81.8 Å². The Bertz CT molecular complexity index is 858. The van der Waals surface area contributed by atoms with Gasteiger partial charge in [-0.1, -0.05) is 6.92 Å². The molecule has 1 N–H and O–H groups in total. The molecule has 25 heavy (non-hydrogen) atoms. The predicted molar refractivity (Wildman–Crippen MR) is 89.0 cm³/mol. The molecule has 2 rings (SSSR count). The van der Waals surface area contributed by atoms with Gasteiger partial charge in [0.15, 0.2) is 0 Å². The fourth-order valence-electron chi connectivity index (χ4n) is 2.77. The van der Waals surface area contributed by atoms with Crippen LogP contribution < -0.4 is 4.72 Å². The standard InChI is InChI=1S/C15H23F2N5O2S/c1-9(8-21-11(3)6-10(2)19-21)7-18-25(23,24)14-12(4)20-22(13(14)5)15(16)17/h6,9,15,18H,7-8H2,1-5H3. The summed E-state index contributed by atoms with van der Waals surface area (Å²) in [5.41, 5.74) is 1.87. The summed E-state index contributed by atoms with van der Waals surface area (Å²) < 4.78 is 55.5. The molecule has 2 aromatic heterocycles. The van der Waals surface area contributed by atoms with Gasteiger partial charge in [-0.25, -0.2) is 17.8 Å². The molecule has 1 unspecified atom stereocenters. The Morgan fingerprint density at radius 2 is 1.84 bits per heavy atom. The molecule has 7 nitrogen and oxygen atoms in total. The van der Waals surface area contributed by atoms with Gasteiger partial charge < -0.3 is 0 Å². The van der Waals surface area contributed by atoms with E-state index >= 15 is 0 Å². The molecule has 0 aliphatic heterocycles. The van der Waals surface area contributed by atoms with E-state index in [-0.39, 0.29) is 28.7 Å². The fourth-order valence-corrected chi connectivity index (χ4v) is 4.33. The molecule has 0 amide bonds. The molecule has 2 aromatic rings. The molecular weight excluding hydrogens is 352 g/mol. The molecular formula is C15H23F2N5O2S. The van der Waals surface area contributed by atoms with Crippen LogP contribution in [-0.4, -0.2) is 34.5 Å². The van der Waals surface area contributed by atoms with E-state index in [0.717, 1.165) is 11.4 Å². The molecule has 140 valence electrons. The Hall–Kier alpha value is -1.81. The number of aromatic nitrogens is 4. The molecule has 0 radical (unpaired) electrons. The van der Waals surface area contributed by atoms with Crippen molar-refractivity contribution in [2.45, 2.75) is 52.6 Å². The number of nitrogens with one attached hydrogen (secondary N) is 1. The molecule has 1 atom stereocenters. The molecule has 0 bridgehead atoms. The van der Waals surface area contributed by atoms with Gasteiger partial charge in [0.2, 0.25) is 10.0 Å². The van der Waals surface area contributed by atoms with Crippen LogP contribution in [0.3, 0.4) is 0 Å². The minimum absolute atomic E-state index is 0.0291. The number of hydrogen-bond donors (Lipinski definition) is 1. The first-order valence-electron chi connectivity index (χ1n) is 7.87. The Morgan fingerprint density at radius 3 is 2.32 bits per heavy atom. The quantitative estimate of drug-likeness (QED) is 0.805. The maximum Gasteiger partial charge on any atom is 0.333 e. The van der Waals surface area contributed by atoms with E-state index in [1.807, 2.05) is 31.5 Å². The van der Waals surface area contributed by atoms with Crippen LogP contribution in [0.5, 0.6) is 0 Å². The van der Waals surface area contributed by atoms with Gasteiger partial charge in [-0.2, -0.15) is 19.0 Å². The third-order valence-electron chi connectivity index (χ3n) is 3.92. The zero-order valence-corrected chi connectivity index (χ0v) is 15.7. The lowest BCUT2D eigenvalue weighted by molar-refractivity contribution is 0.0538. The van der Waals surface area contributed by atoms with Gasteiger partial charge in [0, 0.05) is 18.8 Å². The molecule has 2 heterocycles. The van der Waals surface area contributed by atoms with Crippen molar-refractivity contribution in [3.8, 4) is 0 Å². The van der Waals surface area contributed by atoms with Gasteiger partial charge >= 0.3 is 6.55 Å². The second kappa shape index (κ2) is 7.20. The van der Waals surface area contributed by atoms with Crippen LogP contribution in [0.15, 0.2) is 11.0 Å². The van der Waals surface area contributed by atoms with E-state index in [0.29, 0.717) is 11.2 Å². The Balaban J connectivity index is 2.10. The number of nitrogens with zero attached hydrogens (tertiary/aromatic N) is 4. The summed E-state index contributed by atoms with van der Waals surface area (Å²) in [6, 6.07) is 1.95. The maximum absolute atomic E-state index is 12.9. The number of alkyl halides is 2. The number of hydrogen-bond acceptors (Lipinski definition) is 4. The van der Waals surface area contributed by atoms with E-state index in [1.54, 1.807) is 0 Å². The molecule has 0 aliphatic rings. The molecule has 0 aromatic carbocycles. The highest BCUT2D eigenvalue weighted by Gasteiger charge is 2.27. The highest BCUT2D eigenvalue weighted by molar-refractivity contribution is 7.89. The highest BCUT2D eigenvalue weighted by Crippen LogP contribution is 2.23. The van der Waals surface area contributed by atoms with Crippen molar-refractivity contribution in [2.24, 2.45) is 5.92 Å².